The quantitative estimate of drug-likeness (QED) is 0.581. The molecule has 31 heavy (non-hydrogen) atoms. The molecule has 156 valence electrons. The Balaban J connectivity index is 1.79. The molecular weight excluding hydrogens is 443 g/mol. The summed E-state index contributed by atoms with van der Waals surface area (Å²) in [6.45, 7) is 0. The first-order valence-corrected chi connectivity index (χ1v) is 10.8. The minimum absolute atomic E-state index is 0.00919. The van der Waals surface area contributed by atoms with E-state index in [4.69, 9.17) is 26.3 Å². The van der Waals surface area contributed by atoms with Crippen molar-refractivity contribution in [1.82, 2.24) is 0 Å². The van der Waals surface area contributed by atoms with Crippen LogP contribution in [0.2, 0.25) is 5.02 Å². The first kappa shape index (κ1) is 20.7. The number of hydrogen-bond acceptors (Lipinski definition) is 6. The maximum absolute atomic E-state index is 14.7. The zero-order valence-corrected chi connectivity index (χ0v) is 17.3. The minimum Gasteiger partial charge on any atom is -0.440 e. The summed E-state index contributed by atoms with van der Waals surface area (Å²) in [4.78, 5) is -0.0177. The number of nitriles is 1. The molecule has 0 aliphatic carbocycles. The third-order valence-corrected chi connectivity index (χ3v) is 6.31. The van der Waals surface area contributed by atoms with Gasteiger partial charge in [-0.05, 0) is 30.3 Å². The molecule has 0 bridgehead atoms. The van der Waals surface area contributed by atoms with E-state index in [0.717, 1.165) is 0 Å². The lowest BCUT2D eigenvalue weighted by Crippen LogP contribution is -2.22. The third-order valence-electron chi connectivity index (χ3n) is 4.72. The molecule has 3 aromatic rings. The van der Waals surface area contributed by atoms with Crippen molar-refractivity contribution in [2.45, 2.75) is 10.8 Å². The standard InChI is InChI=1S/C22H14ClFN2O4S/c23-17-7-4-8-18(24)21(17)20-15-10-9-13(11-19(15)29-22(26)16(20)12-25)30-31(27,28)14-5-2-1-3-6-14/h1-11,20H,26H2. The normalized spacial score (nSPS) is 15.6. The Bertz CT molecular complexity index is 1330. The van der Waals surface area contributed by atoms with E-state index in [1.54, 1.807) is 18.2 Å². The molecule has 1 aliphatic heterocycles. The number of rotatable bonds is 4. The Morgan fingerprint density at radius 2 is 1.84 bits per heavy atom. The first-order valence-electron chi connectivity index (χ1n) is 8.97. The van der Waals surface area contributed by atoms with Gasteiger partial charge in [0.1, 0.15) is 33.9 Å². The van der Waals surface area contributed by atoms with E-state index in [9.17, 15) is 18.1 Å². The zero-order valence-electron chi connectivity index (χ0n) is 15.7. The average Bonchev–Trinajstić information content (AvgIpc) is 2.73. The molecule has 4 rings (SSSR count). The molecule has 1 atom stereocenters. The molecule has 0 radical (unpaired) electrons. The van der Waals surface area contributed by atoms with Gasteiger partial charge in [0.15, 0.2) is 0 Å². The van der Waals surface area contributed by atoms with E-state index in [-0.39, 0.29) is 38.4 Å². The van der Waals surface area contributed by atoms with Crippen LogP contribution in [0, 0.1) is 17.1 Å². The molecule has 0 saturated carbocycles. The van der Waals surface area contributed by atoms with Gasteiger partial charge >= 0.3 is 10.1 Å². The highest BCUT2D eigenvalue weighted by Crippen LogP contribution is 2.46. The summed E-state index contributed by atoms with van der Waals surface area (Å²) in [7, 11) is -4.08. The van der Waals surface area contributed by atoms with E-state index in [2.05, 4.69) is 0 Å². The number of nitrogens with two attached hydrogens (primary N) is 1. The fraction of sp³-hybridized carbons (Fsp3) is 0.0455. The van der Waals surface area contributed by atoms with Crippen LogP contribution in [0.3, 0.4) is 0 Å². The van der Waals surface area contributed by atoms with Gasteiger partial charge in [-0.15, -0.1) is 0 Å². The molecule has 0 spiro atoms. The van der Waals surface area contributed by atoms with Gasteiger partial charge in [0.2, 0.25) is 5.88 Å². The van der Waals surface area contributed by atoms with Crippen LogP contribution in [0.5, 0.6) is 11.5 Å². The van der Waals surface area contributed by atoms with Crippen LogP contribution in [0.1, 0.15) is 17.0 Å². The van der Waals surface area contributed by atoms with Crippen LogP contribution in [-0.4, -0.2) is 8.42 Å². The Morgan fingerprint density at radius 1 is 1.10 bits per heavy atom. The predicted molar refractivity (Wildman–Crippen MR) is 111 cm³/mol. The Labute approximate surface area is 183 Å². The maximum Gasteiger partial charge on any atom is 0.339 e. The van der Waals surface area contributed by atoms with E-state index in [0.29, 0.717) is 5.56 Å². The van der Waals surface area contributed by atoms with Crippen molar-refractivity contribution >= 4 is 21.7 Å². The Hall–Kier alpha value is -3.54. The van der Waals surface area contributed by atoms with E-state index < -0.39 is 21.9 Å². The van der Waals surface area contributed by atoms with Crippen LogP contribution in [-0.2, 0) is 10.1 Å². The number of fused-ring (bicyclic) bond motifs is 1. The van der Waals surface area contributed by atoms with Crippen molar-refractivity contribution in [3.8, 4) is 17.6 Å². The van der Waals surface area contributed by atoms with Gasteiger partial charge in [0.05, 0.1) is 5.92 Å². The number of benzene rings is 3. The van der Waals surface area contributed by atoms with Crippen molar-refractivity contribution in [2.75, 3.05) is 0 Å². The monoisotopic (exact) mass is 456 g/mol. The zero-order chi connectivity index (χ0) is 22.2. The van der Waals surface area contributed by atoms with Crippen LogP contribution in [0.4, 0.5) is 4.39 Å². The molecule has 0 saturated heterocycles. The summed E-state index contributed by atoms with van der Waals surface area (Å²) in [6, 6.07) is 18.0. The number of nitrogens with zero attached hydrogens (tertiary/aromatic N) is 1. The summed E-state index contributed by atoms with van der Waals surface area (Å²) in [5.41, 5.74) is 6.36. The number of ether oxygens (including phenoxy) is 1. The molecular formula is C22H14ClFN2O4S. The second kappa shape index (κ2) is 7.95. The Kier molecular flexibility index (Phi) is 5.31. The SMILES string of the molecule is N#CC1=C(N)Oc2cc(OS(=O)(=O)c3ccccc3)ccc2C1c1c(F)cccc1Cl. The fourth-order valence-corrected chi connectivity index (χ4v) is 4.55. The molecule has 0 aromatic heterocycles. The largest absolute Gasteiger partial charge is 0.440 e. The lowest BCUT2D eigenvalue weighted by molar-refractivity contribution is 0.390. The summed E-state index contributed by atoms with van der Waals surface area (Å²) >= 11 is 6.23. The minimum atomic E-state index is -4.08. The Morgan fingerprint density at radius 3 is 2.52 bits per heavy atom. The topological polar surface area (TPSA) is 102 Å². The van der Waals surface area contributed by atoms with Crippen molar-refractivity contribution in [3.05, 3.63) is 100 Å². The van der Waals surface area contributed by atoms with Gasteiger partial charge in [-0.3, -0.25) is 0 Å². The third kappa shape index (κ3) is 3.81. The molecule has 1 heterocycles. The number of hydrogen-bond donors (Lipinski definition) is 1. The predicted octanol–water partition coefficient (Wildman–Crippen LogP) is 4.46. The average molecular weight is 457 g/mol. The lowest BCUT2D eigenvalue weighted by Gasteiger charge is -2.27. The van der Waals surface area contributed by atoms with Crippen LogP contribution in [0.15, 0.2) is 83.1 Å². The highest BCUT2D eigenvalue weighted by atomic mass is 35.5. The van der Waals surface area contributed by atoms with Crippen LogP contribution >= 0.6 is 11.6 Å². The second-order valence-corrected chi connectivity index (χ2v) is 8.56. The van der Waals surface area contributed by atoms with Gasteiger partial charge < -0.3 is 14.7 Å². The molecule has 3 aromatic carbocycles. The molecule has 1 unspecified atom stereocenters. The molecule has 0 fully saturated rings. The summed E-state index contributed by atoms with van der Waals surface area (Å²) < 4.78 is 50.4. The molecule has 9 heteroatoms. The first-order chi connectivity index (χ1) is 14.8. The van der Waals surface area contributed by atoms with Gasteiger partial charge in [0, 0.05) is 22.2 Å². The van der Waals surface area contributed by atoms with E-state index in [1.165, 1.54) is 48.5 Å². The van der Waals surface area contributed by atoms with Gasteiger partial charge in [-0.1, -0.05) is 41.9 Å². The van der Waals surface area contributed by atoms with E-state index >= 15 is 0 Å². The van der Waals surface area contributed by atoms with Gasteiger partial charge in [-0.25, -0.2) is 4.39 Å². The summed E-state index contributed by atoms with van der Waals surface area (Å²) in [5.74, 6) is -1.68. The molecule has 6 nitrogen and oxygen atoms in total. The van der Waals surface area contributed by atoms with Crippen LogP contribution in [0.25, 0.3) is 0 Å². The lowest BCUT2D eigenvalue weighted by atomic mass is 9.83. The second-order valence-electron chi connectivity index (χ2n) is 6.61. The number of halogens is 2. The van der Waals surface area contributed by atoms with Crippen LogP contribution < -0.4 is 14.7 Å². The highest BCUT2D eigenvalue weighted by molar-refractivity contribution is 7.87. The fourth-order valence-electron chi connectivity index (χ4n) is 3.33. The van der Waals surface area contributed by atoms with Crippen molar-refractivity contribution in [2.24, 2.45) is 5.73 Å². The number of allylic oxidation sites excluding steroid dienone is 1. The molecule has 2 N–H and O–H groups in total. The smallest absolute Gasteiger partial charge is 0.339 e. The van der Waals surface area contributed by atoms with Gasteiger partial charge in [0.25, 0.3) is 0 Å². The summed E-state index contributed by atoms with van der Waals surface area (Å²) in [5, 5.41) is 9.71. The maximum atomic E-state index is 14.7. The molecule has 0 amide bonds. The van der Waals surface area contributed by atoms with Crippen molar-refractivity contribution < 1.29 is 21.7 Å². The van der Waals surface area contributed by atoms with Crippen molar-refractivity contribution in [3.63, 3.8) is 0 Å². The highest BCUT2D eigenvalue weighted by Gasteiger charge is 2.34. The van der Waals surface area contributed by atoms with E-state index in [1.807, 2.05) is 6.07 Å². The van der Waals surface area contributed by atoms with Gasteiger partial charge in [-0.2, -0.15) is 13.7 Å². The summed E-state index contributed by atoms with van der Waals surface area (Å²) in [6.07, 6.45) is 0. The molecule has 1 aliphatic rings. The van der Waals surface area contributed by atoms with Crippen molar-refractivity contribution in [1.29, 1.82) is 5.26 Å².